The molecule has 2 aromatic carbocycles. The summed E-state index contributed by atoms with van der Waals surface area (Å²) >= 11 is 1.47. The molecule has 0 N–H and O–H groups in total. The molecule has 2 amide bonds. The molecule has 1 saturated heterocycles. The molecule has 2 heterocycles. The maximum absolute atomic E-state index is 13.2. The Kier molecular flexibility index (Phi) is 4.42. The fraction of sp³-hybridized carbons (Fsp3) is 0.250. The fourth-order valence-electron chi connectivity index (χ4n) is 3.06. The standard InChI is InChI=1S/C20H19N3O2S/c1-14-8-10-15(11-9-14)19(25)23(13-22-12-4-7-18(22)24)20-21-16-5-2-3-6-17(16)26-20/h2-3,5-6,8-11H,4,7,12-13H2,1H3. The zero-order chi connectivity index (χ0) is 18.1. The highest BCUT2D eigenvalue weighted by atomic mass is 32.1. The molecular formula is C20H19N3O2S. The quantitative estimate of drug-likeness (QED) is 0.706. The second kappa shape index (κ2) is 6.88. The molecule has 0 atom stereocenters. The number of anilines is 1. The van der Waals surface area contributed by atoms with E-state index in [4.69, 9.17) is 0 Å². The number of nitrogens with zero attached hydrogens (tertiary/aromatic N) is 3. The van der Waals surface area contributed by atoms with Gasteiger partial charge in [-0.25, -0.2) is 4.98 Å². The minimum Gasteiger partial charge on any atom is -0.324 e. The van der Waals surface area contributed by atoms with Gasteiger partial charge in [-0.1, -0.05) is 41.2 Å². The van der Waals surface area contributed by atoms with Gasteiger partial charge in [0.1, 0.15) is 6.67 Å². The summed E-state index contributed by atoms with van der Waals surface area (Å²) in [4.78, 5) is 33.3. The highest BCUT2D eigenvalue weighted by Crippen LogP contribution is 2.30. The van der Waals surface area contributed by atoms with Crippen LogP contribution in [-0.4, -0.2) is 34.9 Å². The van der Waals surface area contributed by atoms with Crippen molar-refractivity contribution in [1.29, 1.82) is 0 Å². The first-order valence-electron chi connectivity index (χ1n) is 8.64. The molecular weight excluding hydrogens is 346 g/mol. The summed E-state index contributed by atoms with van der Waals surface area (Å²) in [6, 6.07) is 15.3. The van der Waals surface area contributed by atoms with Crippen molar-refractivity contribution in [2.75, 3.05) is 18.1 Å². The first kappa shape index (κ1) is 16.7. The van der Waals surface area contributed by atoms with E-state index >= 15 is 0 Å². The molecule has 3 aromatic rings. The lowest BCUT2D eigenvalue weighted by atomic mass is 10.1. The summed E-state index contributed by atoms with van der Waals surface area (Å²) in [5.41, 5.74) is 2.56. The van der Waals surface area contributed by atoms with Gasteiger partial charge in [0.2, 0.25) is 5.91 Å². The van der Waals surface area contributed by atoms with Gasteiger partial charge in [-0.3, -0.25) is 14.5 Å². The molecule has 0 radical (unpaired) electrons. The Labute approximate surface area is 155 Å². The summed E-state index contributed by atoms with van der Waals surface area (Å²) in [5, 5.41) is 0.622. The number of carbonyl (C=O) groups excluding carboxylic acids is 2. The number of carbonyl (C=O) groups is 2. The monoisotopic (exact) mass is 365 g/mol. The normalized spacial score (nSPS) is 14.2. The van der Waals surface area contributed by atoms with Crippen LogP contribution in [0.4, 0.5) is 5.13 Å². The van der Waals surface area contributed by atoms with E-state index in [2.05, 4.69) is 4.98 Å². The van der Waals surface area contributed by atoms with E-state index in [9.17, 15) is 9.59 Å². The summed E-state index contributed by atoms with van der Waals surface area (Å²) in [6.45, 7) is 2.91. The third kappa shape index (κ3) is 3.20. The number of hydrogen-bond acceptors (Lipinski definition) is 4. The smallest absolute Gasteiger partial charge is 0.261 e. The molecule has 0 aliphatic carbocycles. The Balaban J connectivity index is 1.71. The number of hydrogen-bond donors (Lipinski definition) is 0. The third-order valence-corrected chi connectivity index (χ3v) is 5.60. The zero-order valence-electron chi connectivity index (χ0n) is 14.5. The second-order valence-electron chi connectivity index (χ2n) is 6.47. The summed E-state index contributed by atoms with van der Waals surface area (Å²) in [7, 11) is 0. The predicted molar refractivity (Wildman–Crippen MR) is 103 cm³/mol. The molecule has 1 aromatic heterocycles. The third-order valence-electron chi connectivity index (χ3n) is 4.54. The Morgan fingerprint density at radius 3 is 2.65 bits per heavy atom. The van der Waals surface area contributed by atoms with Crippen molar-refractivity contribution in [3.05, 3.63) is 59.7 Å². The average Bonchev–Trinajstić information content (AvgIpc) is 3.25. The van der Waals surface area contributed by atoms with Crippen molar-refractivity contribution in [2.24, 2.45) is 0 Å². The SMILES string of the molecule is Cc1ccc(C(=O)N(CN2CCCC2=O)c2nc3ccccc3s2)cc1. The van der Waals surface area contributed by atoms with Gasteiger partial charge in [-0.2, -0.15) is 0 Å². The molecule has 0 bridgehead atoms. The Bertz CT molecular complexity index is 932. The van der Waals surface area contributed by atoms with Gasteiger partial charge in [-0.15, -0.1) is 0 Å². The number of para-hydroxylation sites is 1. The van der Waals surface area contributed by atoms with Crippen molar-refractivity contribution in [3.8, 4) is 0 Å². The minimum absolute atomic E-state index is 0.0906. The van der Waals surface area contributed by atoms with E-state index in [0.717, 1.165) is 22.2 Å². The predicted octanol–water partition coefficient (Wildman–Crippen LogP) is 3.83. The molecule has 132 valence electrons. The molecule has 4 rings (SSSR count). The highest BCUT2D eigenvalue weighted by molar-refractivity contribution is 7.22. The summed E-state index contributed by atoms with van der Waals surface area (Å²) in [6.07, 6.45) is 1.39. The van der Waals surface area contributed by atoms with Gasteiger partial charge >= 0.3 is 0 Å². The summed E-state index contributed by atoms with van der Waals surface area (Å²) < 4.78 is 1.02. The van der Waals surface area contributed by atoms with E-state index in [1.54, 1.807) is 9.80 Å². The number of amides is 2. The van der Waals surface area contributed by atoms with Crippen LogP contribution in [0.25, 0.3) is 10.2 Å². The Morgan fingerprint density at radius 1 is 1.19 bits per heavy atom. The van der Waals surface area contributed by atoms with Crippen molar-refractivity contribution in [1.82, 2.24) is 9.88 Å². The zero-order valence-corrected chi connectivity index (χ0v) is 15.3. The van der Waals surface area contributed by atoms with Crippen molar-refractivity contribution in [2.45, 2.75) is 19.8 Å². The van der Waals surface area contributed by atoms with Crippen LogP contribution in [0.2, 0.25) is 0 Å². The molecule has 1 aliphatic rings. The van der Waals surface area contributed by atoms with Crippen LogP contribution in [0.1, 0.15) is 28.8 Å². The van der Waals surface area contributed by atoms with Gasteiger partial charge in [-0.05, 0) is 37.6 Å². The van der Waals surface area contributed by atoms with Crippen LogP contribution < -0.4 is 4.90 Å². The fourth-order valence-corrected chi connectivity index (χ4v) is 4.02. The van der Waals surface area contributed by atoms with Crippen LogP contribution in [0.15, 0.2) is 48.5 Å². The van der Waals surface area contributed by atoms with Gasteiger partial charge in [0.25, 0.3) is 5.91 Å². The van der Waals surface area contributed by atoms with Gasteiger partial charge in [0, 0.05) is 18.5 Å². The minimum atomic E-state index is -0.135. The lowest BCUT2D eigenvalue weighted by molar-refractivity contribution is -0.127. The van der Waals surface area contributed by atoms with Crippen LogP contribution in [0.3, 0.4) is 0 Å². The van der Waals surface area contributed by atoms with E-state index < -0.39 is 0 Å². The number of thiazole rings is 1. The molecule has 1 fully saturated rings. The first-order chi connectivity index (χ1) is 12.6. The number of rotatable bonds is 4. The second-order valence-corrected chi connectivity index (χ2v) is 7.47. The largest absolute Gasteiger partial charge is 0.324 e. The van der Waals surface area contributed by atoms with E-state index in [1.807, 2.05) is 55.5 Å². The number of fused-ring (bicyclic) bond motifs is 1. The van der Waals surface area contributed by atoms with Crippen LogP contribution in [-0.2, 0) is 4.79 Å². The molecule has 6 heteroatoms. The number of likely N-dealkylation sites (tertiary alicyclic amines) is 1. The Hall–Kier alpha value is -2.73. The van der Waals surface area contributed by atoms with Crippen LogP contribution >= 0.6 is 11.3 Å². The molecule has 26 heavy (non-hydrogen) atoms. The van der Waals surface area contributed by atoms with E-state index in [1.165, 1.54) is 11.3 Å². The van der Waals surface area contributed by atoms with Gasteiger partial charge in [0.05, 0.1) is 10.2 Å². The van der Waals surface area contributed by atoms with Crippen molar-refractivity contribution in [3.63, 3.8) is 0 Å². The molecule has 5 nitrogen and oxygen atoms in total. The maximum Gasteiger partial charge on any atom is 0.261 e. The lowest BCUT2D eigenvalue weighted by Gasteiger charge is -2.26. The Morgan fingerprint density at radius 2 is 1.96 bits per heavy atom. The van der Waals surface area contributed by atoms with Gasteiger partial charge < -0.3 is 4.90 Å². The van der Waals surface area contributed by atoms with E-state index in [-0.39, 0.29) is 18.5 Å². The molecule has 0 saturated carbocycles. The van der Waals surface area contributed by atoms with Crippen LogP contribution in [0.5, 0.6) is 0 Å². The van der Waals surface area contributed by atoms with Gasteiger partial charge in [0.15, 0.2) is 5.13 Å². The topological polar surface area (TPSA) is 53.5 Å². The number of aromatic nitrogens is 1. The highest BCUT2D eigenvalue weighted by Gasteiger charge is 2.28. The maximum atomic E-state index is 13.2. The van der Waals surface area contributed by atoms with Crippen LogP contribution in [0, 0.1) is 6.92 Å². The first-order valence-corrected chi connectivity index (χ1v) is 9.45. The number of aryl methyl sites for hydroxylation is 1. The molecule has 0 spiro atoms. The lowest BCUT2D eigenvalue weighted by Crippen LogP contribution is -2.42. The van der Waals surface area contributed by atoms with Crippen molar-refractivity contribution >= 4 is 38.5 Å². The average molecular weight is 365 g/mol. The number of benzene rings is 2. The molecule has 1 aliphatic heterocycles. The summed E-state index contributed by atoms with van der Waals surface area (Å²) in [5.74, 6) is -0.0448. The van der Waals surface area contributed by atoms with E-state index in [0.29, 0.717) is 23.7 Å². The molecule has 0 unspecified atom stereocenters. The van der Waals surface area contributed by atoms with Crippen molar-refractivity contribution < 1.29 is 9.59 Å².